The second kappa shape index (κ2) is 18.5. The van der Waals surface area contributed by atoms with Crippen LogP contribution in [0.5, 0.6) is 0 Å². The summed E-state index contributed by atoms with van der Waals surface area (Å²) in [4.78, 5) is 30.3. The number of Topliss-reactive ketones (excluding diaryl/α,β-unsaturated/α-hetero) is 3. The summed E-state index contributed by atoms with van der Waals surface area (Å²) in [6.45, 7) is 9.19. The molecule has 3 N–H and O–H groups in total. The van der Waals surface area contributed by atoms with Crippen LogP contribution >= 0.6 is 0 Å². The third-order valence-electron chi connectivity index (χ3n) is 1.75. The Hall–Kier alpha value is -0.591. The smallest absolute Gasteiger partial charge is 0.132 e. The summed E-state index contributed by atoms with van der Waals surface area (Å²) in [5.74, 6) is 0.111. The van der Waals surface area contributed by atoms with Crippen molar-refractivity contribution in [2.45, 2.75) is 79.1 Å². The molecule has 0 aliphatic carbocycles. The maximum Gasteiger partial charge on any atom is 0.132 e. The number of aliphatic hydroxyl groups excluding tert-OH is 3. The third kappa shape index (κ3) is 50.5. The fourth-order valence-electron chi connectivity index (χ4n) is 1.25. The monoisotopic (exact) mass is 362 g/mol. The van der Waals surface area contributed by atoms with Crippen molar-refractivity contribution in [2.24, 2.45) is 0 Å². The van der Waals surface area contributed by atoms with Crippen LogP contribution in [0.2, 0.25) is 0 Å². The van der Waals surface area contributed by atoms with Crippen LogP contribution < -0.4 is 0 Å². The van der Waals surface area contributed by atoms with Gasteiger partial charge in [0.2, 0.25) is 0 Å². The number of hydrogen-bond donors (Lipinski definition) is 3. The SMILES string of the molecule is CC(=O)CC(C)O.CC(=O)CC(C)O.CC(=O)CC(C)O.[Fe]. The summed E-state index contributed by atoms with van der Waals surface area (Å²) in [5.41, 5.74) is 0. The van der Waals surface area contributed by atoms with E-state index < -0.39 is 18.3 Å². The molecule has 0 aromatic rings. The number of carbonyl (C=O) groups excluding carboxylic acids is 3. The molecule has 0 aromatic carbocycles. The first-order chi connectivity index (χ1) is 9.38. The van der Waals surface area contributed by atoms with E-state index >= 15 is 0 Å². The predicted molar refractivity (Wildman–Crippen MR) is 80.9 cm³/mol. The normalized spacial score (nSPS) is 13.0. The second-order valence-electron chi connectivity index (χ2n) is 5.27. The number of ketones is 3. The number of aliphatic hydroxyl groups is 3. The molecule has 0 bridgehead atoms. The summed E-state index contributed by atoms with van der Waals surface area (Å²) >= 11 is 0. The zero-order chi connectivity index (χ0) is 17.6. The Morgan fingerprint density at radius 3 is 0.773 bits per heavy atom. The van der Waals surface area contributed by atoms with Gasteiger partial charge in [-0.2, -0.15) is 0 Å². The van der Waals surface area contributed by atoms with E-state index in [0.717, 1.165) is 0 Å². The molecule has 6 nitrogen and oxygen atoms in total. The van der Waals surface area contributed by atoms with E-state index in [2.05, 4.69) is 0 Å². The molecule has 3 atom stereocenters. The van der Waals surface area contributed by atoms with Crippen LogP contribution in [0.15, 0.2) is 0 Å². The van der Waals surface area contributed by atoms with Gasteiger partial charge in [-0.1, -0.05) is 0 Å². The Bertz CT molecular complexity index is 253. The molecule has 0 amide bonds. The van der Waals surface area contributed by atoms with Crippen molar-refractivity contribution in [3.05, 3.63) is 0 Å². The summed E-state index contributed by atoms with van der Waals surface area (Å²) in [5, 5.41) is 25.5. The van der Waals surface area contributed by atoms with Gasteiger partial charge in [0.25, 0.3) is 0 Å². The van der Waals surface area contributed by atoms with Gasteiger partial charge in [-0.25, -0.2) is 0 Å². The largest absolute Gasteiger partial charge is 0.393 e. The zero-order valence-corrected chi connectivity index (χ0v) is 15.4. The molecule has 0 heterocycles. The van der Waals surface area contributed by atoms with Crippen LogP contribution in [-0.4, -0.2) is 51.0 Å². The van der Waals surface area contributed by atoms with Gasteiger partial charge >= 0.3 is 0 Å². The fourth-order valence-corrected chi connectivity index (χ4v) is 1.25. The maximum atomic E-state index is 10.1. The molecule has 0 saturated carbocycles. The first-order valence-corrected chi connectivity index (χ1v) is 6.90. The van der Waals surface area contributed by atoms with Gasteiger partial charge in [-0.05, 0) is 41.5 Å². The zero-order valence-electron chi connectivity index (χ0n) is 14.3. The molecule has 3 unspecified atom stereocenters. The van der Waals surface area contributed by atoms with Crippen LogP contribution in [-0.2, 0) is 31.5 Å². The fraction of sp³-hybridized carbons (Fsp3) is 0.800. The van der Waals surface area contributed by atoms with Gasteiger partial charge in [0.15, 0.2) is 0 Å². The van der Waals surface area contributed by atoms with E-state index in [-0.39, 0.29) is 53.7 Å². The minimum absolute atomic E-state index is 0. The summed E-state index contributed by atoms with van der Waals surface area (Å²) < 4.78 is 0. The van der Waals surface area contributed by atoms with Gasteiger partial charge in [-0.15, -0.1) is 0 Å². The summed E-state index contributed by atoms with van der Waals surface area (Å²) in [7, 11) is 0. The average molecular weight is 362 g/mol. The van der Waals surface area contributed by atoms with Crippen LogP contribution in [0, 0.1) is 0 Å². The number of carbonyl (C=O) groups is 3. The van der Waals surface area contributed by atoms with Crippen LogP contribution in [0.1, 0.15) is 60.8 Å². The molecule has 0 fully saturated rings. The van der Waals surface area contributed by atoms with Crippen molar-refractivity contribution in [1.29, 1.82) is 0 Å². The molecule has 0 aliphatic rings. The average Bonchev–Trinajstić information content (AvgIpc) is 2.10. The number of hydrogen-bond acceptors (Lipinski definition) is 6. The minimum Gasteiger partial charge on any atom is -0.393 e. The second-order valence-corrected chi connectivity index (χ2v) is 5.27. The molecule has 22 heavy (non-hydrogen) atoms. The third-order valence-corrected chi connectivity index (χ3v) is 1.75. The van der Waals surface area contributed by atoms with Crippen molar-refractivity contribution >= 4 is 17.3 Å². The maximum absolute atomic E-state index is 10.1. The molecule has 0 rings (SSSR count). The minimum atomic E-state index is -0.475. The molecule has 0 aromatic heterocycles. The quantitative estimate of drug-likeness (QED) is 0.609. The molecule has 7 heteroatoms. The van der Waals surface area contributed by atoms with E-state index in [0.29, 0.717) is 0 Å². The van der Waals surface area contributed by atoms with Crippen molar-refractivity contribution < 1.29 is 46.8 Å². The van der Waals surface area contributed by atoms with E-state index in [1.54, 1.807) is 20.8 Å². The van der Waals surface area contributed by atoms with Gasteiger partial charge in [0.05, 0.1) is 18.3 Å². The number of rotatable bonds is 6. The van der Waals surface area contributed by atoms with E-state index in [9.17, 15) is 14.4 Å². The molecule has 134 valence electrons. The van der Waals surface area contributed by atoms with Crippen LogP contribution in [0.3, 0.4) is 0 Å². The molecule has 0 saturated heterocycles. The topological polar surface area (TPSA) is 112 Å². The van der Waals surface area contributed by atoms with E-state index in [4.69, 9.17) is 15.3 Å². The Morgan fingerprint density at radius 1 is 0.636 bits per heavy atom. The molecular formula is C15H30FeO6. The van der Waals surface area contributed by atoms with Gasteiger partial charge in [0, 0.05) is 36.3 Å². The van der Waals surface area contributed by atoms with E-state index in [1.807, 2.05) is 0 Å². The van der Waals surface area contributed by atoms with Crippen molar-refractivity contribution in [2.75, 3.05) is 0 Å². The Morgan fingerprint density at radius 2 is 0.773 bits per heavy atom. The molecule has 0 spiro atoms. The van der Waals surface area contributed by atoms with E-state index in [1.165, 1.54) is 20.8 Å². The standard InChI is InChI=1S/3C5H10O2.Fe/c3*1-4(6)3-5(2)7;/h3*4,6H,3H2,1-2H3;. The first-order valence-electron chi connectivity index (χ1n) is 6.90. The van der Waals surface area contributed by atoms with Crippen LogP contribution in [0.4, 0.5) is 0 Å². The van der Waals surface area contributed by atoms with Gasteiger partial charge in [-0.3, -0.25) is 14.4 Å². The summed E-state index contributed by atoms with van der Waals surface area (Å²) in [6, 6.07) is 0. The molecule has 0 radical (unpaired) electrons. The Labute approximate surface area is 143 Å². The van der Waals surface area contributed by atoms with Crippen molar-refractivity contribution in [1.82, 2.24) is 0 Å². The van der Waals surface area contributed by atoms with Crippen molar-refractivity contribution in [3.63, 3.8) is 0 Å². The molecule has 0 aliphatic heterocycles. The van der Waals surface area contributed by atoms with Crippen molar-refractivity contribution in [3.8, 4) is 0 Å². The van der Waals surface area contributed by atoms with Gasteiger partial charge < -0.3 is 15.3 Å². The summed E-state index contributed by atoms with van der Waals surface area (Å²) in [6.07, 6.45) is -0.590. The predicted octanol–water partition coefficient (Wildman–Crippen LogP) is 1.04. The Kier molecular flexibility index (Phi) is 24.7. The molecular weight excluding hydrogens is 332 g/mol. The van der Waals surface area contributed by atoms with Gasteiger partial charge in [0.1, 0.15) is 17.3 Å². The van der Waals surface area contributed by atoms with Crippen LogP contribution in [0.25, 0.3) is 0 Å². The first kappa shape index (κ1) is 29.4. The Balaban J connectivity index is -0.000000108.